The minimum absolute atomic E-state index is 0.0669. The number of carbonyl (C=O) groups is 1. The Labute approximate surface area is 127 Å². The summed E-state index contributed by atoms with van der Waals surface area (Å²) in [5.74, 6) is -0.412. The number of benzene rings is 1. The van der Waals surface area contributed by atoms with Crippen LogP contribution in [0, 0.1) is 0 Å². The standard InChI is InChI=1S/C12H14Cl2N2O3S/c1-12(2-3-20(18,19)6-12)16-11(17)7-4-8(13)10(14)9(15)5-7/h4-5H,2-3,6,15H2,1H3,(H,16,17). The van der Waals surface area contributed by atoms with Gasteiger partial charge >= 0.3 is 0 Å². The van der Waals surface area contributed by atoms with Gasteiger partial charge in [-0.25, -0.2) is 8.42 Å². The van der Waals surface area contributed by atoms with Crippen molar-refractivity contribution in [3.63, 3.8) is 0 Å². The van der Waals surface area contributed by atoms with Gasteiger partial charge in [-0.1, -0.05) is 23.2 Å². The monoisotopic (exact) mass is 336 g/mol. The molecule has 8 heteroatoms. The summed E-state index contributed by atoms with van der Waals surface area (Å²) in [5.41, 5.74) is 5.34. The Morgan fingerprint density at radius 3 is 2.55 bits per heavy atom. The Morgan fingerprint density at radius 1 is 1.40 bits per heavy atom. The lowest BCUT2D eigenvalue weighted by molar-refractivity contribution is 0.0915. The van der Waals surface area contributed by atoms with E-state index in [1.807, 2.05) is 0 Å². The molecule has 0 radical (unpaired) electrons. The van der Waals surface area contributed by atoms with E-state index in [-0.39, 0.29) is 32.8 Å². The van der Waals surface area contributed by atoms with E-state index in [1.165, 1.54) is 12.1 Å². The van der Waals surface area contributed by atoms with Crippen LogP contribution in [-0.2, 0) is 9.84 Å². The maximum Gasteiger partial charge on any atom is 0.251 e. The molecule has 0 bridgehead atoms. The van der Waals surface area contributed by atoms with Gasteiger partial charge in [-0.15, -0.1) is 0 Å². The Balaban J connectivity index is 2.21. The number of nitrogens with one attached hydrogen (secondary N) is 1. The molecule has 1 heterocycles. The number of hydrogen-bond donors (Lipinski definition) is 2. The van der Waals surface area contributed by atoms with Crippen molar-refractivity contribution in [2.24, 2.45) is 0 Å². The zero-order chi connectivity index (χ0) is 15.1. The van der Waals surface area contributed by atoms with Crippen LogP contribution < -0.4 is 11.1 Å². The molecule has 0 aliphatic carbocycles. The summed E-state index contributed by atoms with van der Waals surface area (Å²) >= 11 is 11.7. The number of nitrogen functional groups attached to an aromatic ring is 1. The van der Waals surface area contributed by atoms with E-state index in [4.69, 9.17) is 28.9 Å². The summed E-state index contributed by atoms with van der Waals surface area (Å²) in [6.07, 6.45) is 0.387. The summed E-state index contributed by atoms with van der Waals surface area (Å²) in [6, 6.07) is 2.82. The lowest BCUT2D eigenvalue weighted by atomic mass is 10.0. The number of carbonyl (C=O) groups excluding carboxylic acids is 1. The van der Waals surface area contributed by atoms with E-state index in [2.05, 4.69) is 5.32 Å². The van der Waals surface area contributed by atoms with Gasteiger partial charge in [-0.2, -0.15) is 0 Å². The van der Waals surface area contributed by atoms with Crippen molar-refractivity contribution in [3.05, 3.63) is 27.7 Å². The smallest absolute Gasteiger partial charge is 0.251 e. The van der Waals surface area contributed by atoms with Crippen LogP contribution in [0.1, 0.15) is 23.7 Å². The molecule has 0 saturated carbocycles. The minimum Gasteiger partial charge on any atom is -0.397 e. The van der Waals surface area contributed by atoms with Crippen LogP contribution in [0.3, 0.4) is 0 Å². The van der Waals surface area contributed by atoms with Gasteiger partial charge < -0.3 is 11.1 Å². The largest absolute Gasteiger partial charge is 0.397 e. The lowest BCUT2D eigenvalue weighted by Gasteiger charge is -2.24. The van der Waals surface area contributed by atoms with E-state index in [1.54, 1.807) is 6.92 Å². The highest BCUT2D eigenvalue weighted by atomic mass is 35.5. The number of amides is 1. The maximum atomic E-state index is 12.2. The predicted octanol–water partition coefficient (Wildman–Crippen LogP) is 1.88. The fourth-order valence-corrected chi connectivity index (χ4v) is 4.63. The summed E-state index contributed by atoms with van der Waals surface area (Å²) in [6.45, 7) is 1.70. The Kier molecular flexibility index (Phi) is 3.92. The molecule has 3 N–H and O–H groups in total. The van der Waals surface area contributed by atoms with Crippen molar-refractivity contribution in [2.75, 3.05) is 17.2 Å². The van der Waals surface area contributed by atoms with Gasteiger partial charge in [-0.05, 0) is 25.5 Å². The first-order chi connectivity index (χ1) is 9.12. The van der Waals surface area contributed by atoms with Gasteiger partial charge in [0.25, 0.3) is 5.91 Å². The van der Waals surface area contributed by atoms with Gasteiger partial charge in [-0.3, -0.25) is 4.79 Å². The lowest BCUT2D eigenvalue weighted by Crippen LogP contribution is -2.46. The van der Waals surface area contributed by atoms with Crippen molar-refractivity contribution in [2.45, 2.75) is 18.9 Å². The second-order valence-electron chi connectivity index (χ2n) is 5.22. The van der Waals surface area contributed by atoms with Gasteiger partial charge in [0.05, 0.1) is 32.8 Å². The molecule has 1 amide bonds. The molecule has 0 aromatic heterocycles. The summed E-state index contributed by atoms with van der Waals surface area (Å²) < 4.78 is 23.0. The molecule has 1 aromatic carbocycles. The fraction of sp³-hybridized carbons (Fsp3) is 0.417. The highest BCUT2D eigenvalue weighted by Gasteiger charge is 2.39. The molecule has 2 rings (SSSR count). The first kappa shape index (κ1) is 15.4. The number of sulfone groups is 1. The molecule has 1 aliphatic rings. The average molecular weight is 337 g/mol. The van der Waals surface area contributed by atoms with Crippen LogP contribution in [0.4, 0.5) is 5.69 Å². The number of nitrogens with two attached hydrogens (primary N) is 1. The van der Waals surface area contributed by atoms with Crippen LogP contribution in [0.25, 0.3) is 0 Å². The number of rotatable bonds is 2. The molecule has 1 aliphatic heterocycles. The molecule has 5 nitrogen and oxygen atoms in total. The third kappa shape index (κ3) is 3.19. The Bertz CT molecular complexity index is 652. The van der Waals surface area contributed by atoms with Crippen LogP contribution in [-0.4, -0.2) is 31.4 Å². The molecule has 1 saturated heterocycles. The first-order valence-corrected chi connectivity index (χ1v) is 8.47. The third-order valence-electron chi connectivity index (χ3n) is 3.24. The second kappa shape index (κ2) is 5.09. The minimum atomic E-state index is -3.09. The van der Waals surface area contributed by atoms with E-state index < -0.39 is 21.3 Å². The highest BCUT2D eigenvalue weighted by Crippen LogP contribution is 2.30. The van der Waals surface area contributed by atoms with Crippen molar-refractivity contribution in [3.8, 4) is 0 Å². The molecule has 110 valence electrons. The van der Waals surface area contributed by atoms with Crippen LogP contribution in [0.2, 0.25) is 10.0 Å². The van der Waals surface area contributed by atoms with E-state index in [0.717, 1.165) is 0 Å². The second-order valence-corrected chi connectivity index (χ2v) is 8.19. The SMILES string of the molecule is CC1(NC(=O)c2cc(N)c(Cl)c(Cl)c2)CCS(=O)(=O)C1. The van der Waals surface area contributed by atoms with Crippen LogP contribution >= 0.6 is 23.2 Å². The first-order valence-electron chi connectivity index (χ1n) is 5.89. The van der Waals surface area contributed by atoms with E-state index in [9.17, 15) is 13.2 Å². The zero-order valence-corrected chi connectivity index (χ0v) is 13.1. The third-order valence-corrected chi connectivity index (χ3v) is 5.96. The molecule has 0 spiro atoms. The molecule has 1 atom stereocenters. The summed E-state index contributed by atoms with van der Waals surface area (Å²) in [7, 11) is -3.09. The molecule has 20 heavy (non-hydrogen) atoms. The van der Waals surface area contributed by atoms with Crippen molar-refractivity contribution in [1.29, 1.82) is 0 Å². The molecule has 1 fully saturated rings. The Morgan fingerprint density at radius 2 is 2.05 bits per heavy atom. The molecule has 1 unspecified atom stereocenters. The van der Waals surface area contributed by atoms with E-state index >= 15 is 0 Å². The molecule has 1 aromatic rings. The quantitative estimate of drug-likeness (QED) is 0.807. The van der Waals surface area contributed by atoms with Gasteiger partial charge in [0, 0.05) is 5.56 Å². The average Bonchev–Trinajstić information content (AvgIpc) is 2.59. The van der Waals surface area contributed by atoms with Crippen molar-refractivity contribution < 1.29 is 13.2 Å². The maximum absolute atomic E-state index is 12.2. The predicted molar refractivity (Wildman–Crippen MR) is 80.0 cm³/mol. The number of halogens is 2. The van der Waals surface area contributed by atoms with Crippen LogP contribution in [0.5, 0.6) is 0 Å². The van der Waals surface area contributed by atoms with Gasteiger partial charge in [0.1, 0.15) is 0 Å². The highest BCUT2D eigenvalue weighted by molar-refractivity contribution is 7.91. The van der Waals surface area contributed by atoms with Crippen LogP contribution in [0.15, 0.2) is 12.1 Å². The molecular weight excluding hydrogens is 323 g/mol. The normalized spacial score (nSPS) is 24.6. The van der Waals surface area contributed by atoms with Gasteiger partial charge in [0.15, 0.2) is 9.84 Å². The fourth-order valence-electron chi connectivity index (χ4n) is 2.20. The number of anilines is 1. The Hall–Kier alpha value is -0.980. The van der Waals surface area contributed by atoms with E-state index in [0.29, 0.717) is 6.42 Å². The summed E-state index contributed by atoms with van der Waals surface area (Å²) in [4.78, 5) is 12.2. The molecular formula is C12H14Cl2N2O3S. The topological polar surface area (TPSA) is 89.3 Å². The van der Waals surface area contributed by atoms with Crippen molar-refractivity contribution >= 4 is 44.6 Å². The number of hydrogen-bond acceptors (Lipinski definition) is 4. The summed E-state index contributed by atoms with van der Waals surface area (Å²) in [5, 5.41) is 3.10. The van der Waals surface area contributed by atoms with Crippen molar-refractivity contribution in [1.82, 2.24) is 5.32 Å². The zero-order valence-electron chi connectivity index (χ0n) is 10.7. The van der Waals surface area contributed by atoms with Gasteiger partial charge in [0.2, 0.25) is 0 Å².